The Kier molecular flexibility index (Phi) is 4.86. The van der Waals surface area contributed by atoms with E-state index in [-0.39, 0.29) is 23.5 Å². The highest BCUT2D eigenvalue weighted by atomic mass is 16.5. The number of hydrogen-bond acceptors (Lipinski definition) is 6. The second-order valence-electron chi connectivity index (χ2n) is 3.12. The fourth-order valence-electron chi connectivity index (χ4n) is 1.29. The molecule has 0 aliphatic heterocycles. The van der Waals surface area contributed by atoms with Crippen LogP contribution in [0.4, 0.5) is 0 Å². The van der Waals surface area contributed by atoms with Crippen LogP contribution in [0, 0.1) is 0 Å². The molecule has 0 atom stereocenters. The number of ether oxygens (including phenoxy) is 3. The molecule has 1 rings (SSSR count). The number of carbonyl (C=O) groups excluding carboxylic acids is 3. The molecular formula is C12H11O6. The van der Waals surface area contributed by atoms with Crippen LogP contribution >= 0.6 is 0 Å². The highest BCUT2D eigenvalue weighted by Crippen LogP contribution is 2.19. The fourth-order valence-corrected chi connectivity index (χ4v) is 1.29. The lowest BCUT2D eigenvalue weighted by Gasteiger charge is -2.08. The largest absolute Gasteiger partial charge is 0.485 e. The number of carbonyl (C=O) groups is 2. The average Bonchev–Trinajstić information content (AvgIpc) is 2.43. The molecule has 0 unspecified atom stereocenters. The molecular weight excluding hydrogens is 240 g/mol. The summed E-state index contributed by atoms with van der Waals surface area (Å²) in [7, 11) is 2.39. The third kappa shape index (κ3) is 3.07. The predicted molar refractivity (Wildman–Crippen MR) is 60.3 cm³/mol. The average molecular weight is 251 g/mol. The van der Waals surface area contributed by atoms with E-state index >= 15 is 0 Å². The molecule has 0 heterocycles. The smallest absolute Gasteiger partial charge is 0.338 e. The summed E-state index contributed by atoms with van der Waals surface area (Å²) in [5.74, 6) is -1.11. The molecule has 0 amide bonds. The second-order valence-corrected chi connectivity index (χ2v) is 3.12. The minimum absolute atomic E-state index is 0.00717. The summed E-state index contributed by atoms with van der Waals surface area (Å²) in [6.07, 6.45) is 1.55. The zero-order chi connectivity index (χ0) is 13.5. The molecule has 0 saturated heterocycles. The van der Waals surface area contributed by atoms with Crippen LogP contribution in [0.1, 0.15) is 20.7 Å². The number of hydrogen-bond donors (Lipinski definition) is 0. The first-order chi connectivity index (χ1) is 8.63. The van der Waals surface area contributed by atoms with Crippen molar-refractivity contribution in [1.29, 1.82) is 0 Å². The summed E-state index contributed by atoms with van der Waals surface area (Å²) < 4.78 is 14.1. The number of methoxy groups -OCH3 is 2. The van der Waals surface area contributed by atoms with Gasteiger partial charge in [-0.05, 0) is 18.2 Å². The lowest BCUT2D eigenvalue weighted by Crippen LogP contribution is -2.12. The van der Waals surface area contributed by atoms with Crippen molar-refractivity contribution in [3.63, 3.8) is 0 Å². The van der Waals surface area contributed by atoms with Gasteiger partial charge in [-0.15, -0.1) is 0 Å². The summed E-state index contributed by atoms with van der Waals surface area (Å²) in [5, 5.41) is 0. The molecule has 1 radical (unpaired) electrons. The molecule has 18 heavy (non-hydrogen) atoms. The summed E-state index contributed by atoms with van der Waals surface area (Å²) >= 11 is 0. The van der Waals surface area contributed by atoms with Crippen molar-refractivity contribution in [2.24, 2.45) is 0 Å². The van der Waals surface area contributed by atoms with Crippen molar-refractivity contribution in [3.8, 4) is 5.75 Å². The van der Waals surface area contributed by atoms with Crippen molar-refractivity contribution in [2.75, 3.05) is 20.8 Å². The van der Waals surface area contributed by atoms with Crippen LogP contribution in [0.5, 0.6) is 5.75 Å². The molecule has 95 valence electrons. The van der Waals surface area contributed by atoms with Gasteiger partial charge in [-0.25, -0.2) is 9.59 Å². The van der Waals surface area contributed by atoms with E-state index in [0.717, 1.165) is 0 Å². The van der Waals surface area contributed by atoms with Gasteiger partial charge in [0, 0.05) is 0 Å². The SMILES string of the molecule is COC(=O)c1ccc(OC[C]=O)cc1C(=O)OC. The maximum Gasteiger partial charge on any atom is 0.338 e. The van der Waals surface area contributed by atoms with Gasteiger partial charge < -0.3 is 14.2 Å². The Hall–Kier alpha value is -2.37. The van der Waals surface area contributed by atoms with Crippen LogP contribution in [0.25, 0.3) is 0 Å². The Bertz CT molecular complexity index is 466. The van der Waals surface area contributed by atoms with Crippen molar-refractivity contribution in [2.45, 2.75) is 0 Å². The first-order valence-electron chi connectivity index (χ1n) is 4.92. The number of rotatable bonds is 5. The Morgan fingerprint density at radius 2 is 1.72 bits per heavy atom. The van der Waals surface area contributed by atoms with Gasteiger partial charge in [0.2, 0.25) is 6.29 Å². The molecule has 0 aliphatic rings. The molecule has 0 N–H and O–H groups in total. The van der Waals surface area contributed by atoms with E-state index in [1.54, 1.807) is 6.29 Å². The molecule has 0 fully saturated rings. The molecule has 1 aromatic rings. The quantitative estimate of drug-likeness (QED) is 0.718. The van der Waals surface area contributed by atoms with Gasteiger partial charge in [0.05, 0.1) is 25.3 Å². The van der Waals surface area contributed by atoms with Crippen molar-refractivity contribution < 1.29 is 28.6 Å². The van der Waals surface area contributed by atoms with Crippen molar-refractivity contribution >= 4 is 18.2 Å². The van der Waals surface area contributed by atoms with Gasteiger partial charge in [0.1, 0.15) is 5.75 Å². The maximum absolute atomic E-state index is 11.5. The Balaban J connectivity index is 3.15. The summed E-state index contributed by atoms with van der Waals surface area (Å²) in [5.41, 5.74) is 0.0690. The van der Waals surface area contributed by atoms with Gasteiger partial charge in [-0.2, -0.15) is 0 Å². The minimum atomic E-state index is -0.698. The van der Waals surface area contributed by atoms with E-state index in [1.807, 2.05) is 0 Å². The third-order valence-corrected chi connectivity index (χ3v) is 2.10. The standard InChI is InChI=1S/C12H11O6/c1-16-11(14)9-4-3-8(18-6-5-13)7-10(9)12(15)17-2/h3-4,7H,6H2,1-2H3. The lowest BCUT2D eigenvalue weighted by atomic mass is 10.1. The van der Waals surface area contributed by atoms with Crippen LogP contribution in [0.2, 0.25) is 0 Å². The van der Waals surface area contributed by atoms with E-state index in [2.05, 4.69) is 9.47 Å². The van der Waals surface area contributed by atoms with E-state index in [1.165, 1.54) is 32.4 Å². The first kappa shape index (κ1) is 13.7. The van der Waals surface area contributed by atoms with Gasteiger partial charge in [0.25, 0.3) is 0 Å². The van der Waals surface area contributed by atoms with Gasteiger partial charge in [-0.3, -0.25) is 4.79 Å². The van der Waals surface area contributed by atoms with Crippen molar-refractivity contribution in [1.82, 2.24) is 0 Å². The van der Waals surface area contributed by atoms with E-state index in [9.17, 15) is 14.4 Å². The zero-order valence-corrected chi connectivity index (χ0v) is 9.89. The van der Waals surface area contributed by atoms with Crippen LogP contribution in [-0.2, 0) is 14.3 Å². The molecule has 0 aromatic heterocycles. The maximum atomic E-state index is 11.5. The minimum Gasteiger partial charge on any atom is -0.485 e. The molecule has 0 saturated carbocycles. The lowest BCUT2D eigenvalue weighted by molar-refractivity contribution is 0.0555. The van der Waals surface area contributed by atoms with Crippen molar-refractivity contribution in [3.05, 3.63) is 29.3 Å². The van der Waals surface area contributed by atoms with E-state index < -0.39 is 11.9 Å². The summed E-state index contributed by atoms with van der Waals surface area (Å²) in [6, 6.07) is 4.10. The Morgan fingerprint density at radius 3 is 2.28 bits per heavy atom. The Labute approximate surface area is 103 Å². The highest BCUT2D eigenvalue weighted by Gasteiger charge is 2.19. The van der Waals surface area contributed by atoms with Crippen LogP contribution < -0.4 is 4.74 Å². The van der Waals surface area contributed by atoms with Gasteiger partial charge in [-0.1, -0.05) is 0 Å². The third-order valence-electron chi connectivity index (χ3n) is 2.10. The van der Waals surface area contributed by atoms with Crippen LogP contribution in [-0.4, -0.2) is 39.1 Å². The monoisotopic (exact) mass is 251 g/mol. The molecule has 6 heteroatoms. The first-order valence-corrected chi connectivity index (χ1v) is 4.92. The second kappa shape index (κ2) is 6.39. The topological polar surface area (TPSA) is 78.9 Å². The summed E-state index contributed by atoms with van der Waals surface area (Å²) in [6.45, 7) is -0.266. The molecule has 6 nitrogen and oxygen atoms in total. The van der Waals surface area contributed by atoms with Gasteiger partial charge >= 0.3 is 11.9 Å². The molecule has 0 aliphatic carbocycles. The zero-order valence-electron chi connectivity index (χ0n) is 9.89. The van der Waals surface area contributed by atoms with Gasteiger partial charge in [0.15, 0.2) is 6.61 Å². The molecule has 0 spiro atoms. The number of benzene rings is 1. The highest BCUT2D eigenvalue weighted by molar-refractivity contribution is 6.03. The van der Waals surface area contributed by atoms with E-state index in [4.69, 9.17) is 4.74 Å². The fraction of sp³-hybridized carbons (Fsp3) is 0.250. The predicted octanol–water partition coefficient (Wildman–Crippen LogP) is 0.748. The normalized spacial score (nSPS) is 9.44. The number of esters is 2. The Morgan fingerprint density at radius 1 is 1.11 bits per heavy atom. The molecule has 1 aromatic carbocycles. The molecule has 0 bridgehead atoms. The van der Waals surface area contributed by atoms with Crippen LogP contribution in [0.15, 0.2) is 18.2 Å². The van der Waals surface area contributed by atoms with Crippen LogP contribution in [0.3, 0.4) is 0 Å². The summed E-state index contributed by atoms with van der Waals surface area (Å²) in [4.78, 5) is 33.0. The van der Waals surface area contributed by atoms with E-state index in [0.29, 0.717) is 0 Å².